The van der Waals surface area contributed by atoms with E-state index in [2.05, 4.69) is 50.3 Å². The fourth-order valence-corrected chi connectivity index (χ4v) is 8.80. The maximum Gasteiger partial charge on any atom is 0.199 e. The standard InChI is InChI=1S/C36H26Cl2N2O2/c1-3-9-21-25-15-19-11-5-6-12-20(19)16-26(25)22(10-4-2)28-27(21)29-23-13-7-8-14-24(23)30(28)36(18-40)34(42)32(38)31(37)33(41)35(29,36)17-39/h5-8,11-16,29-30H,3-4,9-10H2,1-2H3/t29-,30+,35+,36-. The zero-order valence-electron chi connectivity index (χ0n) is 23.2. The van der Waals surface area contributed by atoms with Crippen LogP contribution in [-0.2, 0) is 22.4 Å². The number of aryl methyl sites for hydroxylation is 2. The van der Waals surface area contributed by atoms with E-state index in [4.69, 9.17) is 23.2 Å². The Bertz CT molecular complexity index is 1890. The summed E-state index contributed by atoms with van der Waals surface area (Å²) < 4.78 is 0. The lowest BCUT2D eigenvalue weighted by Gasteiger charge is -2.59. The van der Waals surface area contributed by atoms with Crippen molar-refractivity contribution in [1.82, 2.24) is 0 Å². The molecule has 0 aromatic heterocycles. The molecule has 0 radical (unpaired) electrons. The zero-order chi connectivity index (χ0) is 29.6. The summed E-state index contributed by atoms with van der Waals surface area (Å²) in [7, 11) is 0. The third kappa shape index (κ3) is 2.92. The first-order chi connectivity index (χ1) is 20.3. The monoisotopic (exact) mass is 588 g/mol. The number of nitriles is 2. The molecule has 4 nitrogen and oxygen atoms in total. The second-order valence-electron chi connectivity index (χ2n) is 11.7. The third-order valence-corrected chi connectivity index (χ3v) is 10.6. The molecule has 42 heavy (non-hydrogen) atoms. The van der Waals surface area contributed by atoms with Crippen LogP contribution in [0.25, 0.3) is 21.5 Å². The molecule has 4 aliphatic rings. The van der Waals surface area contributed by atoms with Crippen LogP contribution >= 0.6 is 23.2 Å². The van der Waals surface area contributed by atoms with Crippen molar-refractivity contribution in [2.75, 3.05) is 0 Å². The first-order valence-corrected chi connectivity index (χ1v) is 15.2. The van der Waals surface area contributed by atoms with E-state index in [1.165, 1.54) is 0 Å². The Balaban J connectivity index is 1.77. The molecule has 8 rings (SSSR count). The summed E-state index contributed by atoms with van der Waals surface area (Å²) in [5.74, 6) is -3.21. The molecule has 6 heteroatoms. The van der Waals surface area contributed by atoms with Crippen molar-refractivity contribution in [2.24, 2.45) is 10.8 Å². The molecule has 2 bridgehead atoms. The molecule has 206 valence electrons. The van der Waals surface area contributed by atoms with E-state index >= 15 is 0 Å². The van der Waals surface area contributed by atoms with Gasteiger partial charge < -0.3 is 0 Å². The molecule has 0 fully saturated rings. The van der Waals surface area contributed by atoms with Crippen LogP contribution in [0.5, 0.6) is 0 Å². The van der Waals surface area contributed by atoms with E-state index in [1.807, 2.05) is 36.4 Å². The molecule has 0 amide bonds. The molecule has 0 unspecified atom stereocenters. The van der Waals surface area contributed by atoms with Crippen molar-refractivity contribution in [3.05, 3.63) is 104 Å². The number of nitrogens with zero attached hydrogens (tertiary/aromatic N) is 2. The summed E-state index contributed by atoms with van der Waals surface area (Å²) in [5, 5.41) is 25.6. The van der Waals surface area contributed by atoms with Gasteiger partial charge in [-0.2, -0.15) is 10.5 Å². The van der Waals surface area contributed by atoms with E-state index in [-0.39, 0.29) is 0 Å². The smallest absolute Gasteiger partial charge is 0.199 e. The Hall–Kier alpha value is -3.96. The fraction of sp³-hybridized carbons (Fsp3) is 0.278. The number of carbonyl (C=O) groups is 2. The molecular formula is C36H26Cl2N2O2. The van der Waals surface area contributed by atoms with E-state index in [9.17, 15) is 20.1 Å². The maximum absolute atomic E-state index is 14.4. The van der Waals surface area contributed by atoms with Gasteiger partial charge in [-0.15, -0.1) is 0 Å². The van der Waals surface area contributed by atoms with Gasteiger partial charge >= 0.3 is 0 Å². The van der Waals surface area contributed by atoms with Crippen molar-refractivity contribution in [3.8, 4) is 12.1 Å². The highest BCUT2D eigenvalue weighted by Crippen LogP contribution is 2.74. The normalized spacial score (nSPS) is 25.7. The van der Waals surface area contributed by atoms with Crippen LogP contribution in [0.15, 0.2) is 70.7 Å². The zero-order valence-corrected chi connectivity index (χ0v) is 24.7. The van der Waals surface area contributed by atoms with Gasteiger partial charge in [-0.25, -0.2) is 0 Å². The number of carbonyl (C=O) groups excluding carboxylic acids is 2. The molecule has 0 N–H and O–H groups in total. The van der Waals surface area contributed by atoms with Crippen molar-refractivity contribution < 1.29 is 9.59 Å². The second kappa shape index (κ2) is 9.27. The van der Waals surface area contributed by atoms with Gasteiger partial charge in [0.1, 0.15) is 10.1 Å². The summed E-state index contributed by atoms with van der Waals surface area (Å²) in [6.45, 7) is 4.23. The number of hydrogen-bond acceptors (Lipinski definition) is 4. The predicted octanol–water partition coefficient (Wildman–Crippen LogP) is 8.35. The van der Waals surface area contributed by atoms with Crippen molar-refractivity contribution >= 4 is 56.3 Å². The van der Waals surface area contributed by atoms with Crippen LogP contribution in [0.2, 0.25) is 0 Å². The SMILES string of the molecule is CCCc1c2c(c(CCC)c3cc4ccccc4cc13)[C@H]1c3ccccc3[C@@H]2[C@]2(C#N)C(=O)C(Cl)=C(Cl)C(=O)[C@]12C#N. The van der Waals surface area contributed by atoms with E-state index < -0.39 is 44.3 Å². The lowest BCUT2D eigenvalue weighted by atomic mass is 9.37. The molecule has 4 aromatic carbocycles. The van der Waals surface area contributed by atoms with Crippen molar-refractivity contribution in [1.29, 1.82) is 10.5 Å². The summed E-state index contributed by atoms with van der Waals surface area (Å²) >= 11 is 12.9. The first-order valence-electron chi connectivity index (χ1n) is 14.4. The minimum absolute atomic E-state index is 0.460. The van der Waals surface area contributed by atoms with Crippen molar-refractivity contribution in [3.63, 3.8) is 0 Å². The molecule has 0 spiro atoms. The number of hydrogen-bond donors (Lipinski definition) is 0. The van der Waals surface area contributed by atoms with Crippen LogP contribution in [0.1, 0.15) is 71.9 Å². The molecule has 0 saturated heterocycles. The largest absolute Gasteiger partial charge is 0.291 e. The average Bonchev–Trinajstić information content (AvgIpc) is 3.02. The lowest BCUT2D eigenvalue weighted by molar-refractivity contribution is -0.141. The number of rotatable bonds is 4. The third-order valence-electron chi connectivity index (χ3n) is 9.82. The van der Waals surface area contributed by atoms with E-state index in [1.54, 1.807) is 0 Å². The minimum atomic E-state index is -2.06. The molecule has 4 aromatic rings. The van der Waals surface area contributed by atoms with Crippen molar-refractivity contribution in [2.45, 2.75) is 51.4 Å². The van der Waals surface area contributed by atoms with Crippen LogP contribution < -0.4 is 0 Å². The Labute approximate surface area is 254 Å². The summed E-state index contributed by atoms with van der Waals surface area (Å²) in [5.41, 5.74) is 1.42. The Kier molecular flexibility index (Phi) is 5.94. The highest BCUT2D eigenvalue weighted by atomic mass is 35.5. The quantitative estimate of drug-likeness (QED) is 0.224. The topological polar surface area (TPSA) is 81.7 Å². The number of Topliss-reactive ketones (excluding diaryl/α,β-unsaturated/α-hetero) is 2. The van der Waals surface area contributed by atoms with Gasteiger partial charge in [-0.1, -0.05) is 98.4 Å². The Morgan fingerprint density at radius 1 is 0.690 bits per heavy atom. The van der Waals surface area contributed by atoms with Gasteiger partial charge in [0.2, 0.25) is 0 Å². The predicted molar refractivity (Wildman–Crippen MR) is 164 cm³/mol. The molecule has 0 heterocycles. The van der Waals surface area contributed by atoms with Crippen LogP contribution in [0.4, 0.5) is 0 Å². The Morgan fingerprint density at radius 2 is 1.07 bits per heavy atom. The number of benzene rings is 4. The first kappa shape index (κ1) is 26.9. The molecule has 0 aliphatic heterocycles. The van der Waals surface area contributed by atoms with Gasteiger partial charge in [0.15, 0.2) is 22.4 Å². The van der Waals surface area contributed by atoms with Crippen LogP contribution in [-0.4, -0.2) is 11.6 Å². The maximum atomic E-state index is 14.4. The summed E-state index contributed by atoms with van der Waals surface area (Å²) in [6, 6.07) is 24.9. The fourth-order valence-electron chi connectivity index (χ4n) is 8.33. The molecular weight excluding hydrogens is 563 g/mol. The number of ketones is 2. The lowest BCUT2D eigenvalue weighted by Crippen LogP contribution is -2.65. The van der Waals surface area contributed by atoms with Gasteiger partial charge in [0.25, 0.3) is 0 Å². The van der Waals surface area contributed by atoms with Crippen LogP contribution in [0.3, 0.4) is 0 Å². The van der Waals surface area contributed by atoms with Crippen LogP contribution in [0, 0.1) is 33.5 Å². The average molecular weight is 590 g/mol. The van der Waals surface area contributed by atoms with E-state index in [0.29, 0.717) is 12.8 Å². The molecule has 0 saturated carbocycles. The van der Waals surface area contributed by atoms with Gasteiger partial charge in [0, 0.05) is 11.8 Å². The molecule has 4 aliphatic carbocycles. The van der Waals surface area contributed by atoms with E-state index in [0.717, 1.165) is 67.8 Å². The second-order valence-corrected chi connectivity index (χ2v) is 12.4. The number of halogens is 2. The Morgan fingerprint density at radius 3 is 1.43 bits per heavy atom. The highest BCUT2D eigenvalue weighted by Gasteiger charge is 2.78. The van der Waals surface area contributed by atoms with Gasteiger partial charge in [0.05, 0.1) is 12.1 Å². The summed E-state index contributed by atoms with van der Waals surface area (Å²) in [4.78, 5) is 28.7. The van der Waals surface area contributed by atoms with Gasteiger partial charge in [-0.05, 0) is 79.9 Å². The molecule has 4 atom stereocenters. The number of allylic oxidation sites excluding steroid dienone is 2. The summed E-state index contributed by atoms with van der Waals surface area (Å²) in [6.07, 6.45) is 3.09. The highest BCUT2D eigenvalue weighted by molar-refractivity contribution is 6.57. The number of fused-ring (bicyclic) bond motifs is 2. The van der Waals surface area contributed by atoms with Gasteiger partial charge in [-0.3, -0.25) is 9.59 Å². The minimum Gasteiger partial charge on any atom is -0.291 e.